The Morgan fingerprint density at radius 3 is 2.88 bits per heavy atom. The lowest BCUT2D eigenvalue weighted by atomic mass is 10.2. The molecule has 1 aliphatic heterocycles. The van der Waals surface area contributed by atoms with Crippen molar-refractivity contribution in [1.29, 1.82) is 0 Å². The number of fused-ring (bicyclic) bond motifs is 1. The van der Waals surface area contributed by atoms with Crippen molar-refractivity contribution in [3.8, 4) is 5.75 Å². The molecule has 8 nitrogen and oxygen atoms in total. The maximum absolute atomic E-state index is 12.4. The summed E-state index contributed by atoms with van der Waals surface area (Å²) >= 11 is 6.00. The van der Waals surface area contributed by atoms with Crippen LogP contribution in [0, 0.1) is 5.92 Å². The summed E-state index contributed by atoms with van der Waals surface area (Å²) in [6.07, 6.45) is 0. The summed E-state index contributed by atoms with van der Waals surface area (Å²) in [5.74, 6) is -1.29. The first kappa shape index (κ1) is 18.5. The average Bonchev–Trinajstić information content (AvgIpc) is 2.51. The van der Waals surface area contributed by atoms with E-state index in [-0.39, 0.29) is 41.3 Å². The second-order valence-electron chi connectivity index (χ2n) is 5.12. The number of halogens is 1. The number of benzene rings is 1. The summed E-state index contributed by atoms with van der Waals surface area (Å²) in [4.78, 5) is 22.6. The van der Waals surface area contributed by atoms with E-state index in [0.717, 1.165) is 0 Å². The predicted molar refractivity (Wildman–Crippen MR) is 86.6 cm³/mol. The van der Waals surface area contributed by atoms with E-state index < -0.39 is 21.9 Å². The lowest BCUT2D eigenvalue weighted by molar-refractivity contribution is -0.147. The molecule has 1 amide bonds. The van der Waals surface area contributed by atoms with E-state index in [2.05, 4.69) is 10.0 Å². The highest BCUT2D eigenvalue weighted by Crippen LogP contribution is 2.35. The molecule has 10 heteroatoms. The minimum Gasteiger partial charge on any atom is -0.482 e. The highest BCUT2D eigenvalue weighted by Gasteiger charge is 2.25. The molecule has 0 saturated heterocycles. The van der Waals surface area contributed by atoms with Crippen LogP contribution >= 0.6 is 11.6 Å². The number of hydrogen-bond acceptors (Lipinski definition) is 6. The van der Waals surface area contributed by atoms with E-state index in [0.29, 0.717) is 5.69 Å². The topological polar surface area (TPSA) is 111 Å². The number of anilines is 1. The molecule has 0 spiro atoms. The molecule has 0 unspecified atom stereocenters. The Balaban J connectivity index is 2.17. The predicted octanol–water partition coefficient (Wildman–Crippen LogP) is 1.15. The van der Waals surface area contributed by atoms with E-state index in [1.54, 1.807) is 13.8 Å². The van der Waals surface area contributed by atoms with Gasteiger partial charge in [0.25, 0.3) is 5.91 Å². The molecule has 1 atom stereocenters. The summed E-state index contributed by atoms with van der Waals surface area (Å²) < 4.78 is 37.1. The molecule has 1 aliphatic rings. The van der Waals surface area contributed by atoms with Gasteiger partial charge in [0.1, 0.15) is 10.6 Å². The highest BCUT2D eigenvalue weighted by molar-refractivity contribution is 7.89. The molecule has 0 fully saturated rings. The lowest BCUT2D eigenvalue weighted by Crippen LogP contribution is -2.33. The van der Waals surface area contributed by atoms with Crippen LogP contribution in [-0.2, 0) is 24.3 Å². The zero-order valence-electron chi connectivity index (χ0n) is 13.1. The van der Waals surface area contributed by atoms with Crippen LogP contribution in [0.15, 0.2) is 17.0 Å². The van der Waals surface area contributed by atoms with Gasteiger partial charge in [0.2, 0.25) is 10.0 Å². The van der Waals surface area contributed by atoms with Crippen LogP contribution in [0.25, 0.3) is 0 Å². The lowest BCUT2D eigenvalue weighted by Gasteiger charge is -2.20. The third-order valence-corrected chi connectivity index (χ3v) is 5.11. The van der Waals surface area contributed by atoms with Crippen LogP contribution in [0.3, 0.4) is 0 Å². The standard InChI is InChI=1S/C14H17ClN2O6S/c1-3-22-14(19)8(2)6-16-24(20,21)12-5-11-10(4-9(12)15)17-13(18)7-23-11/h4-5,8,16H,3,6-7H2,1-2H3,(H,17,18)/t8-/m1/s1. The van der Waals surface area contributed by atoms with Crippen LogP contribution in [0.4, 0.5) is 5.69 Å². The molecule has 1 aromatic rings. The molecule has 0 bridgehead atoms. The van der Waals surface area contributed by atoms with Crippen LogP contribution < -0.4 is 14.8 Å². The van der Waals surface area contributed by atoms with E-state index in [4.69, 9.17) is 21.1 Å². The molecule has 2 rings (SSSR count). The number of rotatable bonds is 6. The fraction of sp³-hybridized carbons (Fsp3) is 0.429. The molecule has 0 aromatic heterocycles. The molecule has 1 heterocycles. The molecular weight excluding hydrogens is 360 g/mol. The summed E-state index contributed by atoms with van der Waals surface area (Å²) in [5.41, 5.74) is 0.301. The molecule has 0 aliphatic carbocycles. The summed E-state index contributed by atoms with van der Waals surface area (Å²) in [5, 5.41) is 2.46. The smallest absolute Gasteiger partial charge is 0.309 e. The first-order chi connectivity index (χ1) is 11.2. The van der Waals surface area contributed by atoms with Crippen molar-refractivity contribution >= 4 is 39.2 Å². The van der Waals surface area contributed by atoms with Crippen LogP contribution in [0.2, 0.25) is 5.02 Å². The Labute approximate surface area is 144 Å². The number of carbonyl (C=O) groups is 2. The molecule has 1 aromatic carbocycles. The van der Waals surface area contributed by atoms with Gasteiger partial charge in [-0.2, -0.15) is 0 Å². The van der Waals surface area contributed by atoms with Gasteiger partial charge in [0, 0.05) is 12.6 Å². The van der Waals surface area contributed by atoms with Gasteiger partial charge in [0.05, 0.1) is 23.2 Å². The second kappa shape index (κ2) is 7.37. The normalized spacial score (nSPS) is 15.0. The van der Waals surface area contributed by atoms with Gasteiger partial charge >= 0.3 is 5.97 Å². The Bertz CT molecular complexity index is 765. The van der Waals surface area contributed by atoms with Crippen molar-refractivity contribution in [2.45, 2.75) is 18.7 Å². The third-order valence-electron chi connectivity index (χ3n) is 3.22. The summed E-state index contributed by atoms with van der Waals surface area (Å²) in [7, 11) is -3.96. The molecular formula is C14H17ClN2O6S. The number of ether oxygens (including phenoxy) is 2. The van der Waals surface area contributed by atoms with E-state index in [1.807, 2.05) is 0 Å². The van der Waals surface area contributed by atoms with Gasteiger partial charge in [-0.25, -0.2) is 13.1 Å². The van der Waals surface area contributed by atoms with E-state index >= 15 is 0 Å². The maximum atomic E-state index is 12.4. The van der Waals surface area contributed by atoms with Gasteiger partial charge in [-0.05, 0) is 13.0 Å². The SMILES string of the molecule is CCOC(=O)[C@H](C)CNS(=O)(=O)c1cc2c(cc1Cl)NC(=O)CO2. The molecule has 0 radical (unpaired) electrons. The Morgan fingerprint density at radius 1 is 1.50 bits per heavy atom. The minimum atomic E-state index is -3.96. The number of nitrogens with one attached hydrogen (secondary N) is 2. The third kappa shape index (κ3) is 4.16. The first-order valence-corrected chi connectivity index (χ1v) is 9.03. The second-order valence-corrected chi connectivity index (χ2v) is 7.26. The van der Waals surface area contributed by atoms with Gasteiger partial charge in [-0.15, -0.1) is 0 Å². The Hall–Kier alpha value is -1.84. The maximum Gasteiger partial charge on any atom is 0.309 e. The minimum absolute atomic E-state index is 0.0733. The number of esters is 1. The first-order valence-electron chi connectivity index (χ1n) is 7.17. The average molecular weight is 377 g/mol. The number of hydrogen-bond donors (Lipinski definition) is 2. The van der Waals surface area contributed by atoms with Crippen molar-refractivity contribution in [2.75, 3.05) is 25.1 Å². The van der Waals surface area contributed by atoms with Gasteiger partial charge < -0.3 is 14.8 Å². The number of sulfonamides is 1. The number of carbonyl (C=O) groups excluding carboxylic acids is 2. The van der Waals surface area contributed by atoms with Gasteiger partial charge in [-0.3, -0.25) is 9.59 Å². The van der Waals surface area contributed by atoms with Crippen molar-refractivity contribution in [1.82, 2.24) is 4.72 Å². The summed E-state index contributed by atoms with van der Waals surface area (Å²) in [6.45, 7) is 3.09. The van der Waals surface area contributed by atoms with Crippen molar-refractivity contribution in [3.63, 3.8) is 0 Å². The zero-order chi connectivity index (χ0) is 17.9. The van der Waals surface area contributed by atoms with Crippen molar-refractivity contribution < 1.29 is 27.5 Å². The van der Waals surface area contributed by atoms with Crippen LogP contribution in [0.5, 0.6) is 5.75 Å². The van der Waals surface area contributed by atoms with Crippen LogP contribution in [-0.4, -0.2) is 40.1 Å². The van der Waals surface area contributed by atoms with Gasteiger partial charge in [-0.1, -0.05) is 18.5 Å². The Morgan fingerprint density at radius 2 is 2.21 bits per heavy atom. The highest BCUT2D eigenvalue weighted by atomic mass is 35.5. The quantitative estimate of drug-likeness (QED) is 0.720. The monoisotopic (exact) mass is 376 g/mol. The summed E-state index contributed by atoms with van der Waals surface area (Å²) in [6, 6.07) is 2.53. The van der Waals surface area contributed by atoms with Crippen molar-refractivity contribution in [3.05, 3.63) is 17.2 Å². The zero-order valence-corrected chi connectivity index (χ0v) is 14.7. The van der Waals surface area contributed by atoms with Crippen LogP contribution in [0.1, 0.15) is 13.8 Å². The van der Waals surface area contributed by atoms with Crippen molar-refractivity contribution in [2.24, 2.45) is 5.92 Å². The molecule has 2 N–H and O–H groups in total. The Kier molecular flexibility index (Phi) is 5.68. The molecule has 132 valence electrons. The largest absolute Gasteiger partial charge is 0.482 e. The van der Waals surface area contributed by atoms with E-state index in [1.165, 1.54) is 12.1 Å². The molecule has 0 saturated carbocycles. The van der Waals surface area contributed by atoms with E-state index in [9.17, 15) is 18.0 Å². The molecule has 24 heavy (non-hydrogen) atoms. The fourth-order valence-electron chi connectivity index (χ4n) is 1.97. The van der Waals surface area contributed by atoms with Gasteiger partial charge in [0.15, 0.2) is 6.61 Å². The number of amides is 1. The fourth-order valence-corrected chi connectivity index (χ4v) is 3.64.